The van der Waals surface area contributed by atoms with Crippen LogP contribution in [0.2, 0.25) is 0 Å². The fraction of sp³-hybridized carbons (Fsp3) is 0.292. The highest BCUT2D eigenvalue weighted by molar-refractivity contribution is 6.04. The van der Waals surface area contributed by atoms with Gasteiger partial charge >= 0.3 is 0 Å². The first kappa shape index (κ1) is 23.8. The smallest absolute Gasteiger partial charge is 0.257 e. The molecule has 1 aromatic heterocycles. The van der Waals surface area contributed by atoms with Crippen molar-refractivity contribution in [3.63, 3.8) is 0 Å². The molecule has 1 heterocycles. The van der Waals surface area contributed by atoms with Gasteiger partial charge in [0.15, 0.2) is 12.1 Å². The lowest BCUT2D eigenvalue weighted by molar-refractivity contribution is -0.0549. The first-order valence-electron chi connectivity index (χ1n) is 10.4. The van der Waals surface area contributed by atoms with Gasteiger partial charge in [-0.1, -0.05) is 6.92 Å². The van der Waals surface area contributed by atoms with Crippen molar-refractivity contribution in [2.24, 2.45) is 7.05 Å². The predicted octanol–water partition coefficient (Wildman–Crippen LogP) is 3.93. The quantitative estimate of drug-likeness (QED) is 0.495. The van der Waals surface area contributed by atoms with E-state index in [9.17, 15) is 9.59 Å². The van der Waals surface area contributed by atoms with Crippen LogP contribution in [0.1, 0.15) is 34.1 Å². The zero-order valence-electron chi connectivity index (χ0n) is 19.4. The Bertz CT molecular complexity index is 1100. The number of ether oxygens (including phenoxy) is 3. The third-order valence-corrected chi connectivity index (χ3v) is 4.70. The van der Waals surface area contributed by atoms with E-state index < -0.39 is 6.29 Å². The molecule has 0 bridgehead atoms. The molecule has 1 atom stereocenters. The number of nitrogens with one attached hydrogen (secondary N) is 1. The summed E-state index contributed by atoms with van der Waals surface area (Å²) in [4.78, 5) is 26.4. The Balaban J connectivity index is 1.86. The van der Waals surface area contributed by atoms with E-state index in [0.29, 0.717) is 40.6 Å². The highest BCUT2D eigenvalue weighted by Gasteiger charge is 2.15. The van der Waals surface area contributed by atoms with Crippen LogP contribution in [0.15, 0.2) is 54.7 Å². The van der Waals surface area contributed by atoms with Crippen molar-refractivity contribution in [2.75, 3.05) is 26.5 Å². The van der Waals surface area contributed by atoms with Crippen LogP contribution >= 0.6 is 0 Å². The fourth-order valence-electron chi connectivity index (χ4n) is 3.01. The number of nitrogens with zero attached hydrogens (tertiary/aromatic N) is 3. The highest BCUT2D eigenvalue weighted by atomic mass is 16.7. The van der Waals surface area contributed by atoms with Crippen molar-refractivity contribution >= 4 is 17.6 Å². The highest BCUT2D eigenvalue weighted by Crippen LogP contribution is 2.29. The number of hydrogen-bond donors (Lipinski definition) is 1. The molecule has 1 unspecified atom stereocenters. The Morgan fingerprint density at radius 3 is 2.30 bits per heavy atom. The van der Waals surface area contributed by atoms with Crippen LogP contribution in [0.4, 0.5) is 5.82 Å². The molecule has 0 aliphatic rings. The second-order valence-corrected chi connectivity index (χ2v) is 7.54. The molecule has 0 saturated carbocycles. The van der Waals surface area contributed by atoms with Gasteiger partial charge in [-0.15, -0.1) is 0 Å². The summed E-state index contributed by atoms with van der Waals surface area (Å²) in [5.74, 6) is 1.30. The van der Waals surface area contributed by atoms with E-state index >= 15 is 0 Å². The molecule has 0 fully saturated rings. The van der Waals surface area contributed by atoms with Gasteiger partial charge in [-0.05, 0) is 36.4 Å². The Labute approximate surface area is 192 Å². The second-order valence-electron chi connectivity index (χ2n) is 7.54. The molecule has 0 spiro atoms. The van der Waals surface area contributed by atoms with E-state index in [1.807, 2.05) is 6.92 Å². The van der Waals surface area contributed by atoms with E-state index in [2.05, 4.69) is 10.4 Å². The standard InChI is InChI=1S/C24H28N4O5/c1-6-22(31-5)33-20-14-17(23(29)25-21-11-12-28(4)26-21)13-19(15-20)32-18-9-7-16(8-10-18)24(30)27(2)3/h7-15,22H,6H2,1-5H3,(H,25,26,29). The van der Waals surface area contributed by atoms with Crippen molar-refractivity contribution in [3.8, 4) is 17.2 Å². The maximum absolute atomic E-state index is 12.8. The molecular weight excluding hydrogens is 424 g/mol. The Kier molecular flexibility index (Phi) is 7.68. The summed E-state index contributed by atoms with van der Waals surface area (Å²) in [5.41, 5.74) is 0.879. The number of methoxy groups -OCH3 is 1. The molecular formula is C24H28N4O5. The van der Waals surface area contributed by atoms with E-state index in [4.69, 9.17) is 14.2 Å². The molecule has 3 aromatic rings. The molecule has 0 aliphatic heterocycles. The molecule has 33 heavy (non-hydrogen) atoms. The van der Waals surface area contributed by atoms with Crippen LogP contribution in [0, 0.1) is 0 Å². The Morgan fingerprint density at radius 2 is 1.73 bits per heavy atom. The number of hydrogen-bond acceptors (Lipinski definition) is 6. The maximum Gasteiger partial charge on any atom is 0.257 e. The summed E-state index contributed by atoms with van der Waals surface area (Å²) in [7, 11) is 6.71. The minimum atomic E-state index is -0.469. The van der Waals surface area contributed by atoms with Gasteiger partial charge in [0.2, 0.25) is 0 Å². The fourth-order valence-corrected chi connectivity index (χ4v) is 3.01. The molecule has 0 radical (unpaired) electrons. The second kappa shape index (κ2) is 10.6. The zero-order chi connectivity index (χ0) is 24.0. The van der Waals surface area contributed by atoms with Crippen LogP contribution in [0.5, 0.6) is 17.2 Å². The summed E-state index contributed by atoms with van der Waals surface area (Å²) in [6.45, 7) is 1.93. The molecule has 2 amide bonds. The number of rotatable bonds is 9. The third kappa shape index (κ3) is 6.33. The summed E-state index contributed by atoms with van der Waals surface area (Å²) in [6, 6.07) is 13.4. The van der Waals surface area contributed by atoms with Gasteiger partial charge in [-0.25, -0.2) is 0 Å². The lowest BCUT2D eigenvalue weighted by Crippen LogP contribution is -2.21. The summed E-state index contributed by atoms with van der Waals surface area (Å²) < 4.78 is 18.7. The van der Waals surface area contributed by atoms with Crippen molar-refractivity contribution in [2.45, 2.75) is 19.6 Å². The Hall–Kier alpha value is -3.85. The molecule has 3 rings (SSSR count). The lowest BCUT2D eigenvalue weighted by atomic mass is 10.1. The van der Waals surface area contributed by atoms with Gasteiger partial charge in [0, 0.05) is 64.1 Å². The van der Waals surface area contributed by atoms with Gasteiger partial charge in [0.05, 0.1) is 0 Å². The largest absolute Gasteiger partial charge is 0.465 e. The topological polar surface area (TPSA) is 94.9 Å². The molecule has 0 aliphatic carbocycles. The van der Waals surface area contributed by atoms with Gasteiger partial charge in [-0.2, -0.15) is 5.10 Å². The van der Waals surface area contributed by atoms with Gasteiger partial charge in [0.1, 0.15) is 17.2 Å². The van der Waals surface area contributed by atoms with E-state index in [1.54, 1.807) is 87.7 Å². The maximum atomic E-state index is 12.8. The summed E-state index contributed by atoms with van der Waals surface area (Å²) in [5, 5.41) is 6.92. The normalized spacial score (nSPS) is 11.5. The average Bonchev–Trinajstić information content (AvgIpc) is 3.21. The Morgan fingerprint density at radius 1 is 1.03 bits per heavy atom. The first-order valence-corrected chi connectivity index (χ1v) is 10.4. The SMILES string of the molecule is CCC(OC)Oc1cc(Oc2ccc(C(=O)N(C)C)cc2)cc(C(=O)Nc2ccn(C)n2)c1. The van der Waals surface area contributed by atoms with E-state index in [-0.39, 0.29) is 11.8 Å². The van der Waals surface area contributed by atoms with Crippen LogP contribution in [0.3, 0.4) is 0 Å². The monoisotopic (exact) mass is 452 g/mol. The first-order chi connectivity index (χ1) is 15.8. The van der Waals surface area contributed by atoms with Crippen molar-refractivity contribution < 1.29 is 23.8 Å². The van der Waals surface area contributed by atoms with E-state index in [1.165, 1.54) is 4.90 Å². The molecule has 174 valence electrons. The number of carbonyl (C=O) groups is 2. The predicted molar refractivity (Wildman–Crippen MR) is 124 cm³/mol. The number of aryl methyl sites for hydroxylation is 1. The summed E-state index contributed by atoms with van der Waals surface area (Å²) >= 11 is 0. The van der Waals surface area contributed by atoms with Crippen molar-refractivity contribution in [3.05, 3.63) is 65.9 Å². The van der Waals surface area contributed by atoms with E-state index in [0.717, 1.165) is 0 Å². The number of amides is 2. The minimum Gasteiger partial charge on any atom is -0.465 e. The molecule has 9 heteroatoms. The molecule has 9 nitrogen and oxygen atoms in total. The zero-order valence-corrected chi connectivity index (χ0v) is 19.4. The number of benzene rings is 2. The van der Waals surface area contributed by atoms with Gasteiger partial charge < -0.3 is 24.4 Å². The number of anilines is 1. The molecule has 2 aromatic carbocycles. The third-order valence-electron chi connectivity index (χ3n) is 4.70. The number of aromatic nitrogens is 2. The number of carbonyl (C=O) groups excluding carboxylic acids is 2. The van der Waals surface area contributed by atoms with Gasteiger partial charge in [0.25, 0.3) is 11.8 Å². The molecule has 1 N–H and O–H groups in total. The van der Waals surface area contributed by atoms with Crippen LogP contribution in [-0.4, -0.2) is 54.0 Å². The minimum absolute atomic E-state index is 0.101. The van der Waals surface area contributed by atoms with Crippen LogP contribution in [-0.2, 0) is 11.8 Å². The van der Waals surface area contributed by atoms with Crippen molar-refractivity contribution in [1.29, 1.82) is 0 Å². The lowest BCUT2D eigenvalue weighted by Gasteiger charge is -2.17. The van der Waals surface area contributed by atoms with Crippen LogP contribution < -0.4 is 14.8 Å². The summed E-state index contributed by atoms with van der Waals surface area (Å²) in [6.07, 6.45) is 1.89. The van der Waals surface area contributed by atoms with Gasteiger partial charge in [-0.3, -0.25) is 14.3 Å². The molecule has 0 saturated heterocycles. The van der Waals surface area contributed by atoms with Crippen LogP contribution in [0.25, 0.3) is 0 Å². The van der Waals surface area contributed by atoms with Crippen molar-refractivity contribution in [1.82, 2.24) is 14.7 Å². The average molecular weight is 453 g/mol.